The second kappa shape index (κ2) is 6.83. The topological polar surface area (TPSA) is 115 Å². The van der Waals surface area contributed by atoms with Crippen LogP contribution in [0.5, 0.6) is 0 Å². The number of aliphatic hydroxyl groups excluding tert-OH is 3. The van der Waals surface area contributed by atoms with Crippen LogP contribution in [0.15, 0.2) is 23.3 Å². The predicted molar refractivity (Wildman–Crippen MR) is 115 cm³/mol. The van der Waals surface area contributed by atoms with E-state index < -0.39 is 47.1 Å². The molecular formula is C25H36O6. The highest BCUT2D eigenvalue weighted by Gasteiger charge is 2.80. The SMILES string of the molecule is CCCC(=O)C[C@@]12CC(C)C34C=C(C)C(O)[C@@]3(O)C(O)C(CO)=C[C@H](C4=O)C1C2(C)C. The second-order valence-electron chi connectivity index (χ2n) is 11.1. The number of hydrogen-bond acceptors (Lipinski definition) is 6. The normalized spacial score (nSPS) is 47.5. The first-order valence-electron chi connectivity index (χ1n) is 11.5. The number of rotatable bonds is 5. The molecule has 0 radical (unpaired) electrons. The molecule has 0 saturated heterocycles. The Balaban J connectivity index is 1.94. The van der Waals surface area contributed by atoms with Crippen LogP contribution in [-0.4, -0.2) is 56.4 Å². The number of Topliss-reactive ketones (excluding diaryl/α,β-unsaturated/α-hetero) is 2. The van der Waals surface area contributed by atoms with Gasteiger partial charge in [-0.3, -0.25) is 9.59 Å². The van der Waals surface area contributed by atoms with Crippen molar-refractivity contribution in [3.05, 3.63) is 23.3 Å². The number of aliphatic hydroxyl groups is 4. The van der Waals surface area contributed by atoms with Gasteiger partial charge in [-0.2, -0.15) is 0 Å². The second-order valence-corrected chi connectivity index (χ2v) is 11.1. The van der Waals surface area contributed by atoms with E-state index in [2.05, 4.69) is 13.8 Å². The Kier molecular flexibility index (Phi) is 5.03. The lowest BCUT2D eigenvalue weighted by molar-refractivity contribution is -0.190. The van der Waals surface area contributed by atoms with Crippen molar-refractivity contribution < 1.29 is 30.0 Å². The lowest BCUT2D eigenvalue weighted by Gasteiger charge is -2.48. The summed E-state index contributed by atoms with van der Waals surface area (Å²) in [5.41, 5.74) is -3.67. The summed E-state index contributed by atoms with van der Waals surface area (Å²) in [5.74, 6) is -1.21. The van der Waals surface area contributed by atoms with E-state index in [1.165, 1.54) is 0 Å². The van der Waals surface area contributed by atoms with Crippen LogP contribution in [0.1, 0.15) is 60.3 Å². The van der Waals surface area contributed by atoms with Crippen LogP contribution in [0.25, 0.3) is 0 Å². The molecule has 2 bridgehead atoms. The summed E-state index contributed by atoms with van der Waals surface area (Å²) >= 11 is 0. The maximum atomic E-state index is 14.2. The van der Waals surface area contributed by atoms with Crippen molar-refractivity contribution in [2.45, 2.75) is 78.1 Å². The van der Waals surface area contributed by atoms with Crippen molar-refractivity contribution in [1.29, 1.82) is 0 Å². The highest BCUT2D eigenvalue weighted by Crippen LogP contribution is 2.80. The summed E-state index contributed by atoms with van der Waals surface area (Å²) in [4.78, 5) is 27.0. The molecule has 172 valence electrons. The van der Waals surface area contributed by atoms with Gasteiger partial charge in [0, 0.05) is 18.8 Å². The van der Waals surface area contributed by atoms with Gasteiger partial charge in [0.25, 0.3) is 0 Å². The molecule has 8 atom stereocenters. The molecule has 2 fully saturated rings. The van der Waals surface area contributed by atoms with E-state index in [4.69, 9.17) is 0 Å². The zero-order valence-corrected chi connectivity index (χ0v) is 19.2. The Morgan fingerprint density at radius 2 is 1.87 bits per heavy atom. The molecule has 2 saturated carbocycles. The zero-order valence-electron chi connectivity index (χ0n) is 19.2. The van der Waals surface area contributed by atoms with Crippen LogP contribution >= 0.6 is 0 Å². The highest BCUT2D eigenvalue weighted by atomic mass is 16.4. The quantitative estimate of drug-likeness (QED) is 0.494. The third kappa shape index (κ3) is 2.48. The molecule has 4 aliphatic rings. The maximum Gasteiger partial charge on any atom is 0.153 e. The fourth-order valence-electron chi connectivity index (χ4n) is 7.90. The Morgan fingerprint density at radius 3 is 2.45 bits per heavy atom. The fourth-order valence-corrected chi connectivity index (χ4v) is 7.90. The first-order chi connectivity index (χ1) is 14.4. The van der Waals surface area contributed by atoms with Gasteiger partial charge in [0.05, 0.1) is 12.0 Å². The Hall–Kier alpha value is -1.34. The third-order valence-electron chi connectivity index (χ3n) is 9.44. The monoisotopic (exact) mass is 432 g/mol. The molecule has 6 nitrogen and oxygen atoms in total. The largest absolute Gasteiger partial charge is 0.392 e. The van der Waals surface area contributed by atoms with Gasteiger partial charge in [-0.1, -0.05) is 39.8 Å². The van der Waals surface area contributed by atoms with Gasteiger partial charge in [-0.25, -0.2) is 0 Å². The molecule has 6 heteroatoms. The molecule has 4 rings (SSSR count). The summed E-state index contributed by atoms with van der Waals surface area (Å²) in [7, 11) is 0. The van der Waals surface area contributed by atoms with E-state index in [0.29, 0.717) is 24.8 Å². The number of ketones is 2. The third-order valence-corrected chi connectivity index (χ3v) is 9.44. The van der Waals surface area contributed by atoms with E-state index in [0.717, 1.165) is 6.42 Å². The average molecular weight is 433 g/mol. The van der Waals surface area contributed by atoms with Crippen molar-refractivity contribution in [3.8, 4) is 0 Å². The molecule has 0 amide bonds. The van der Waals surface area contributed by atoms with Crippen LogP contribution in [-0.2, 0) is 9.59 Å². The molecule has 5 unspecified atom stereocenters. The summed E-state index contributed by atoms with van der Waals surface area (Å²) < 4.78 is 0. The van der Waals surface area contributed by atoms with Crippen molar-refractivity contribution in [2.24, 2.45) is 34.0 Å². The van der Waals surface area contributed by atoms with Crippen LogP contribution in [0.3, 0.4) is 0 Å². The van der Waals surface area contributed by atoms with E-state index in [1.807, 2.05) is 13.8 Å². The van der Waals surface area contributed by atoms with E-state index in [9.17, 15) is 30.0 Å². The Labute approximate surface area is 184 Å². The predicted octanol–water partition coefficient (Wildman–Crippen LogP) is 1.94. The summed E-state index contributed by atoms with van der Waals surface area (Å²) in [5, 5.41) is 44.0. The average Bonchev–Trinajstić information content (AvgIpc) is 3.10. The minimum atomic E-state index is -2.15. The van der Waals surface area contributed by atoms with E-state index in [-0.39, 0.29) is 28.5 Å². The molecule has 31 heavy (non-hydrogen) atoms. The summed E-state index contributed by atoms with van der Waals surface area (Å²) in [6.45, 7) is 9.20. The molecule has 0 heterocycles. The van der Waals surface area contributed by atoms with Gasteiger partial charge in [0.1, 0.15) is 23.6 Å². The summed E-state index contributed by atoms with van der Waals surface area (Å²) in [6.07, 6.45) is 2.52. The minimum Gasteiger partial charge on any atom is -0.392 e. The molecule has 0 aromatic rings. The molecular weight excluding hydrogens is 396 g/mol. The first-order valence-corrected chi connectivity index (χ1v) is 11.5. The number of carbonyl (C=O) groups is 2. The number of fused-ring (bicyclic) bond motifs is 3. The maximum absolute atomic E-state index is 14.2. The van der Waals surface area contributed by atoms with E-state index in [1.54, 1.807) is 19.1 Å². The van der Waals surface area contributed by atoms with Gasteiger partial charge in [-0.05, 0) is 53.6 Å². The van der Waals surface area contributed by atoms with Crippen LogP contribution < -0.4 is 0 Å². The molecule has 4 aliphatic carbocycles. The van der Waals surface area contributed by atoms with Gasteiger partial charge < -0.3 is 20.4 Å². The highest BCUT2D eigenvalue weighted by molar-refractivity contribution is 5.96. The number of allylic oxidation sites excluding steroid dienone is 1. The standard InChI is InChI=1S/C25H36O6/c1-6-7-16(27)11-23-10-14(3)24-9-13(2)19(28)25(24,31)20(29)15(12-26)8-17(21(24)30)18(23)22(23,4)5/h8-9,14,17-20,26,28-29,31H,6-7,10-12H2,1-5H3/t14?,17-,18?,19?,20?,23-,24?,25+/m0/s1. The van der Waals surface area contributed by atoms with Gasteiger partial charge >= 0.3 is 0 Å². The van der Waals surface area contributed by atoms with Gasteiger partial charge in [0.2, 0.25) is 0 Å². The van der Waals surface area contributed by atoms with Gasteiger partial charge in [-0.15, -0.1) is 0 Å². The minimum absolute atomic E-state index is 0.127. The smallest absolute Gasteiger partial charge is 0.153 e. The summed E-state index contributed by atoms with van der Waals surface area (Å²) in [6, 6.07) is 0. The first kappa shape index (κ1) is 22.8. The van der Waals surface area contributed by atoms with Gasteiger partial charge in [0.15, 0.2) is 5.78 Å². The van der Waals surface area contributed by atoms with E-state index >= 15 is 0 Å². The molecule has 4 N–H and O–H groups in total. The van der Waals surface area contributed by atoms with Crippen molar-refractivity contribution in [3.63, 3.8) is 0 Å². The molecule has 0 aromatic heterocycles. The zero-order chi connectivity index (χ0) is 23.1. The Morgan fingerprint density at radius 1 is 1.23 bits per heavy atom. The van der Waals surface area contributed by atoms with Crippen LogP contribution in [0.4, 0.5) is 0 Å². The number of carbonyl (C=O) groups excluding carboxylic acids is 2. The van der Waals surface area contributed by atoms with Crippen LogP contribution in [0, 0.1) is 34.0 Å². The fraction of sp³-hybridized carbons (Fsp3) is 0.760. The van der Waals surface area contributed by atoms with Crippen LogP contribution in [0.2, 0.25) is 0 Å². The van der Waals surface area contributed by atoms with Crippen molar-refractivity contribution in [1.82, 2.24) is 0 Å². The molecule has 0 aromatic carbocycles. The molecule has 0 aliphatic heterocycles. The lowest BCUT2D eigenvalue weighted by Crippen LogP contribution is -2.65. The number of hydrogen-bond donors (Lipinski definition) is 4. The lowest BCUT2D eigenvalue weighted by atomic mass is 9.58. The van der Waals surface area contributed by atoms with Crippen molar-refractivity contribution >= 4 is 11.6 Å². The molecule has 1 spiro atoms. The Bertz CT molecular complexity index is 886. The van der Waals surface area contributed by atoms with Crippen molar-refractivity contribution in [2.75, 3.05) is 6.61 Å².